The minimum atomic E-state index is 0.325. The van der Waals surface area contributed by atoms with E-state index in [1.807, 2.05) is 66.7 Å². The van der Waals surface area contributed by atoms with E-state index in [1.54, 1.807) is 6.07 Å². The quantitative estimate of drug-likeness (QED) is 0.196. The second kappa shape index (κ2) is 10.2. The van der Waals surface area contributed by atoms with Crippen LogP contribution in [0.1, 0.15) is 11.1 Å². The maximum atomic E-state index is 10.8. The summed E-state index contributed by atoms with van der Waals surface area (Å²) in [6, 6.07) is 54.3. The summed E-state index contributed by atoms with van der Waals surface area (Å²) in [4.78, 5) is 0. The SMILES string of the molecule is N#Cc1ccc(-n2c3ccccc3c3c4oc5ccccc5c4ccc32)c(-n2c3ccccc3c3cc(-c4ccccc4)ccc32)c1C#N. The predicted molar refractivity (Wildman–Crippen MR) is 197 cm³/mol. The molecule has 0 fully saturated rings. The van der Waals surface area contributed by atoms with E-state index in [2.05, 4.69) is 94.1 Å². The zero-order valence-electron chi connectivity index (χ0n) is 26.1. The summed E-state index contributed by atoms with van der Waals surface area (Å²) in [6.07, 6.45) is 0. The highest BCUT2D eigenvalue weighted by Gasteiger charge is 2.25. The Morgan fingerprint density at radius 3 is 1.94 bits per heavy atom. The van der Waals surface area contributed by atoms with E-state index in [-0.39, 0.29) is 0 Å². The fraction of sp³-hybridized carbons (Fsp3) is 0. The van der Waals surface area contributed by atoms with E-state index < -0.39 is 0 Å². The lowest BCUT2D eigenvalue weighted by Crippen LogP contribution is -2.07. The van der Waals surface area contributed by atoms with Gasteiger partial charge in [0.15, 0.2) is 0 Å². The molecule has 0 spiro atoms. The summed E-state index contributed by atoms with van der Waals surface area (Å²) in [6.45, 7) is 0. The minimum absolute atomic E-state index is 0.325. The number of para-hydroxylation sites is 3. The highest BCUT2D eigenvalue weighted by molar-refractivity contribution is 6.24. The van der Waals surface area contributed by atoms with Crippen molar-refractivity contribution < 1.29 is 4.42 Å². The first kappa shape index (κ1) is 27.1. The highest BCUT2D eigenvalue weighted by Crippen LogP contribution is 2.43. The molecule has 0 aliphatic heterocycles. The van der Waals surface area contributed by atoms with Crippen LogP contribution in [-0.2, 0) is 0 Å². The molecule has 0 aliphatic rings. The smallest absolute Gasteiger partial charge is 0.145 e. The standard InChI is InChI=1S/C44H24N4O/c45-25-29-19-22-40(47-37-16-8-5-14-33(37)42-39(47)23-20-32-31-13-6-9-17-41(31)49-44(32)42)43(35(29)26-46)48-36-15-7-4-12-30(36)34-24-28(18-21-38(34)48)27-10-2-1-3-11-27/h1-24H. The van der Waals surface area contributed by atoms with Crippen LogP contribution in [0.25, 0.3) is 88.1 Å². The van der Waals surface area contributed by atoms with Gasteiger partial charge in [0.2, 0.25) is 0 Å². The zero-order chi connectivity index (χ0) is 32.6. The minimum Gasteiger partial charge on any atom is -0.455 e. The van der Waals surface area contributed by atoms with Crippen molar-refractivity contribution in [3.05, 3.63) is 157 Å². The first-order chi connectivity index (χ1) is 24.2. The number of benzene rings is 7. The van der Waals surface area contributed by atoms with Crippen LogP contribution in [0, 0.1) is 22.7 Å². The number of furan rings is 1. The average molecular weight is 625 g/mol. The zero-order valence-corrected chi connectivity index (χ0v) is 26.1. The molecule has 10 rings (SSSR count). The number of hydrogen-bond acceptors (Lipinski definition) is 3. The van der Waals surface area contributed by atoms with Gasteiger partial charge in [-0.3, -0.25) is 0 Å². The van der Waals surface area contributed by atoms with Crippen LogP contribution in [0.5, 0.6) is 0 Å². The summed E-state index contributed by atoms with van der Waals surface area (Å²) in [7, 11) is 0. The second-order valence-corrected chi connectivity index (χ2v) is 12.3. The fourth-order valence-corrected chi connectivity index (χ4v) is 7.71. The van der Waals surface area contributed by atoms with Crippen molar-refractivity contribution in [1.82, 2.24) is 9.13 Å². The number of aromatic nitrogens is 2. The van der Waals surface area contributed by atoms with Gasteiger partial charge in [-0.2, -0.15) is 10.5 Å². The number of fused-ring (bicyclic) bond motifs is 10. The molecule has 5 nitrogen and oxygen atoms in total. The molecule has 0 aliphatic carbocycles. The molecule has 226 valence electrons. The summed E-state index contributed by atoms with van der Waals surface area (Å²) < 4.78 is 10.9. The van der Waals surface area contributed by atoms with Crippen molar-refractivity contribution in [3.63, 3.8) is 0 Å². The molecule has 3 aromatic heterocycles. The summed E-state index contributed by atoms with van der Waals surface area (Å²) >= 11 is 0. The maximum Gasteiger partial charge on any atom is 0.145 e. The Bertz CT molecular complexity index is 3070. The van der Waals surface area contributed by atoms with Crippen molar-refractivity contribution in [3.8, 4) is 34.6 Å². The van der Waals surface area contributed by atoms with E-state index in [1.165, 1.54) is 0 Å². The van der Waals surface area contributed by atoms with Crippen molar-refractivity contribution in [2.75, 3.05) is 0 Å². The van der Waals surface area contributed by atoms with Gasteiger partial charge in [0, 0.05) is 26.9 Å². The third-order valence-electron chi connectivity index (χ3n) is 9.81. The van der Waals surface area contributed by atoms with Crippen molar-refractivity contribution in [2.24, 2.45) is 0 Å². The maximum absolute atomic E-state index is 10.8. The number of hydrogen-bond donors (Lipinski definition) is 0. The highest BCUT2D eigenvalue weighted by atomic mass is 16.3. The van der Waals surface area contributed by atoms with E-state index >= 15 is 0 Å². The molecule has 10 aromatic rings. The van der Waals surface area contributed by atoms with E-state index in [9.17, 15) is 10.5 Å². The third-order valence-corrected chi connectivity index (χ3v) is 9.81. The van der Waals surface area contributed by atoms with Crippen LogP contribution in [0.4, 0.5) is 0 Å². The van der Waals surface area contributed by atoms with Crippen LogP contribution in [0.15, 0.2) is 150 Å². The lowest BCUT2D eigenvalue weighted by Gasteiger charge is -2.19. The average Bonchev–Trinajstić information content (AvgIpc) is 3.82. The van der Waals surface area contributed by atoms with Gasteiger partial charge in [0.05, 0.1) is 50.0 Å². The molecule has 0 atom stereocenters. The Hall–Kier alpha value is -7.08. The van der Waals surface area contributed by atoms with Gasteiger partial charge < -0.3 is 13.6 Å². The summed E-state index contributed by atoms with van der Waals surface area (Å²) in [5.41, 5.74) is 9.86. The molecule has 3 heterocycles. The van der Waals surface area contributed by atoms with Crippen molar-refractivity contribution in [2.45, 2.75) is 0 Å². The molecular formula is C44H24N4O. The molecule has 0 unspecified atom stereocenters. The third kappa shape index (κ3) is 3.73. The van der Waals surface area contributed by atoms with Crippen LogP contribution in [0.2, 0.25) is 0 Å². The molecular weight excluding hydrogens is 601 g/mol. The van der Waals surface area contributed by atoms with Crippen LogP contribution < -0.4 is 0 Å². The lowest BCUT2D eigenvalue weighted by atomic mass is 10.0. The lowest BCUT2D eigenvalue weighted by molar-refractivity contribution is 0.673. The molecule has 0 N–H and O–H groups in total. The van der Waals surface area contributed by atoms with Crippen molar-refractivity contribution >= 4 is 65.6 Å². The molecule has 0 bridgehead atoms. The Labute approximate surface area is 280 Å². The first-order valence-electron chi connectivity index (χ1n) is 16.1. The van der Waals surface area contributed by atoms with Crippen LogP contribution >= 0.6 is 0 Å². The Balaban J connectivity index is 1.36. The normalized spacial score (nSPS) is 11.6. The molecule has 0 amide bonds. The number of nitriles is 2. The van der Waals surface area contributed by atoms with Crippen LogP contribution in [-0.4, -0.2) is 9.13 Å². The molecule has 0 saturated carbocycles. The predicted octanol–water partition coefficient (Wildman–Crippen LogP) is 11.2. The molecule has 0 radical (unpaired) electrons. The molecule has 5 heteroatoms. The molecule has 49 heavy (non-hydrogen) atoms. The van der Waals surface area contributed by atoms with E-state index in [4.69, 9.17) is 4.42 Å². The molecule has 7 aromatic carbocycles. The Morgan fingerprint density at radius 1 is 0.469 bits per heavy atom. The molecule has 0 saturated heterocycles. The summed E-state index contributed by atoms with van der Waals surface area (Å²) in [5, 5.41) is 27.4. The summed E-state index contributed by atoms with van der Waals surface area (Å²) in [5.74, 6) is 0. The van der Waals surface area contributed by atoms with Gasteiger partial charge in [-0.1, -0.05) is 91.0 Å². The van der Waals surface area contributed by atoms with Crippen molar-refractivity contribution in [1.29, 1.82) is 10.5 Å². The first-order valence-corrected chi connectivity index (χ1v) is 16.1. The number of rotatable bonds is 3. The Morgan fingerprint density at radius 2 is 1.14 bits per heavy atom. The van der Waals surface area contributed by atoms with Gasteiger partial charge in [-0.05, 0) is 65.7 Å². The van der Waals surface area contributed by atoms with Crippen LogP contribution in [0.3, 0.4) is 0 Å². The second-order valence-electron chi connectivity index (χ2n) is 12.3. The van der Waals surface area contributed by atoms with E-state index in [0.29, 0.717) is 16.8 Å². The Kier molecular flexibility index (Phi) is 5.64. The fourth-order valence-electron chi connectivity index (χ4n) is 7.71. The van der Waals surface area contributed by atoms with Gasteiger partial charge in [0.1, 0.15) is 23.3 Å². The number of nitrogens with zero attached hydrogens (tertiary/aromatic N) is 4. The van der Waals surface area contributed by atoms with Gasteiger partial charge in [0.25, 0.3) is 0 Å². The van der Waals surface area contributed by atoms with Gasteiger partial charge in [-0.25, -0.2) is 0 Å². The van der Waals surface area contributed by atoms with Gasteiger partial charge >= 0.3 is 0 Å². The van der Waals surface area contributed by atoms with Gasteiger partial charge in [-0.15, -0.1) is 0 Å². The van der Waals surface area contributed by atoms with E-state index in [0.717, 1.165) is 82.4 Å². The largest absolute Gasteiger partial charge is 0.455 e. The topological polar surface area (TPSA) is 70.6 Å². The monoisotopic (exact) mass is 624 g/mol.